The average Bonchev–Trinajstić information content (AvgIpc) is 3.39. The molecule has 0 aliphatic carbocycles. The van der Waals surface area contributed by atoms with Gasteiger partial charge in [0.2, 0.25) is 0 Å². The van der Waals surface area contributed by atoms with E-state index in [4.69, 9.17) is 14.2 Å². The molecule has 418 valence electrons. The fourth-order valence-corrected chi connectivity index (χ4v) is 8.44. The topological polar surface area (TPSA) is 78.9 Å². The van der Waals surface area contributed by atoms with Crippen molar-refractivity contribution < 1.29 is 28.6 Å². The smallest absolute Gasteiger partial charge is 0.306 e. The van der Waals surface area contributed by atoms with Gasteiger partial charge in [-0.3, -0.25) is 14.4 Å². The molecule has 0 amide bonds. The van der Waals surface area contributed by atoms with Gasteiger partial charge in [-0.1, -0.05) is 253 Å². The predicted molar refractivity (Wildman–Crippen MR) is 316 cm³/mol. The average molecular weight is 1020 g/mol. The molecule has 0 aromatic rings. The summed E-state index contributed by atoms with van der Waals surface area (Å²) in [5, 5.41) is 0. The summed E-state index contributed by atoms with van der Waals surface area (Å²) in [6.07, 6.45) is 81.3. The van der Waals surface area contributed by atoms with Crippen LogP contribution < -0.4 is 0 Å². The number of ether oxygens (including phenoxy) is 3. The first-order valence-corrected chi connectivity index (χ1v) is 30.7. The van der Waals surface area contributed by atoms with E-state index in [2.05, 4.69) is 118 Å². The Morgan fingerprint density at radius 2 is 0.562 bits per heavy atom. The summed E-state index contributed by atoms with van der Waals surface area (Å²) in [5.41, 5.74) is 0. The van der Waals surface area contributed by atoms with Gasteiger partial charge in [-0.25, -0.2) is 0 Å². The van der Waals surface area contributed by atoms with Gasteiger partial charge in [0.05, 0.1) is 0 Å². The molecule has 1 atom stereocenters. The zero-order chi connectivity index (χ0) is 52.9. The van der Waals surface area contributed by atoms with Crippen LogP contribution in [0.25, 0.3) is 0 Å². The van der Waals surface area contributed by atoms with E-state index in [9.17, 15) is 14.4 Å². The lowest BCUT2D eigenvalue weighted by atomic mass is 10.1. The van der Waals surface area contributed by atoms with Crippen molar-refractivity contribution in [3.8, 4) is 0 Å². The van der Waals surface area contributed by atoms with E-state index in [0.29, 0.717) is 19.3 Å². The van der Waals surface area contributed by atoms with Gasteiger partial charge < -0.3 is 14.2 Å². The molecule has 0 aliphatic rings. The van der Waals surface area contributed by atoms with Gasteiger partial charge in [-0.2, -0.15) is 0 Å². The van der Waals surface area contributed by atoms with Crippen molar-refractivity contribution in [2.75, 3.05) is 13.2 Å². The van der Waals surface area contributed by atoms with Crippen LogP contribution in [-0.4, -0.2) is 37.2 Å². The van der Waals surface area contributed by atoms with Crippen molar-refractivity contribution in [3.63, 3.8) is 0 Å². The Kier molecular flexibility index (Phi) is 57.8. The highest BCUT2D eigenvalue weighted by Crippen LogP contribution is 2.15. The molecule has 6 nitrogen and oxygen atoms in total. The highest BCUT2D eigenvalue weighted by atomic mass is 16.6. The van der Waals surface area contributed by atoms with Crippen LogP contribution in [0.15, 0.2) is 97.2 Å². The first-order valence-electron chi connectivity index (χ1n) is 30.7. The maximum absolute atomic E-state index is 12.9. The van der Waals surface area contributed by atoms with Gasteiger partial charge in [0.15, 0.2) is 6.10 Å². The van der Waals surface area contributed by atoms with Crippen LogP contribution in [0.5, 0.6) is 0 Å². The number of rotatable bonds is 55. The molecule has 0 rings (SSSR count). The Morgan fingerprint density at radius 3 is 0.904 bits per heavy atom. The third kappa shape index (κ3) is 59.1. The molecule has 0 N–H and O–H groups in total. The summed E-state index contributed by atoms with van der Waals surface area (Å²) in [4.78, 5) is 38.2. The van der Waals surface area contributed by atoms with E-state index in [-0.39, 0.29) is 31.1 Å². The van der Waals surface area contributed by atoms with Crippen LogP contribution in [0.3, 0.4) is 0 Å². The quantitative estimate of drug-likeness (QED) is 0.0261. The second-order valence-corrected chi connectivity index (χ2v) is 20.2. The first-order chi connectivity index (χ1) is 36.0. The van der Waals surface area contributed by atoms with Gasteiger partial charge in [-0.05, 0) is 116 Å². The molecule has 0 saturated carbocycles. The third-order valence-corrected chi connectivity index (χ3v) is 13.0. The van der Waals surface area contributed by atoms with Crippen LogP contribution in [0.1, 0.15) is 290 Å². The molecule has 73 heavy (non-hydrogen) atoms. The zero-order valence-corrected chi connectivity index (χ0v) is 47.9. The molecule has 0 heterocycles. The normalized spacial score (nSPS) is 12.8. The van der Waals surface area contributed by atoms with Gasteiger partial charge in [0.25, 0.3) is 0 Å². The van der Waals surface area contributed by atoms with Crippen LogP contribution >= 0.6 is 0 Å². The Bertz CT molecular complexity index is 1440. The number of hydrogen-bond donors (Lipinski definition) is 0. The number of carbonyl (C=O) groups is 3. The van der Waals surface area contributed by atoms with Crippen molar-refractivity contribution in [1.82, 2.24) is 0 Å². The van der Waals surface area contributed by atoms with Crippen molar-refractivity contribution in [2.45, 2.75) is 297 Å². The maximum atomic E-state index is 12.9. The standard InChI is InChI=1S/C67H114O6/c1-4-7-10-13-16-19-22-24-26-28-30-31-32-33-34-35-36-37-38-40-41-43-45-48-51-54-57-60-66(69)72-63-64(62-71-65(68)59-56-53-50-47-21-18-15-12-9-6-3)73-67(70)61-58-55-52-49-46-44-42-39-29-27-25-23-20-17-14-11-8-5-2/h7,10,12,15-16,19,24,26-27,29-31,33-34,36-37,64H,4-6,8-9,11,13-14,17-18,20-23,25,28,32,35,38-63H2,1-3H3/b10-7-,15-12-,19-16-,26-24-,29-27-,31-30-,34-33-,37-36-. The Balaban J connectivity index is 4.28. The Morgan fingerprint density at radius 1 is 0.288 bits per heavy atom. The molecule has 0 fully saturated rings. The van der Waals surface area contributed by atoms with Crippen molar-refractivity contribution in [2.24, 2.45) is 0 Å². The molecule has 0 aliphatic heterocycles. The Labute approximate surface area is 451 Å². The van der Waals surface area contributed by atoms with Crippen LogP contribution in [0.4, 0.5) is 0 Å². The van der Waals surface area contributed by atoms with Gasteiger partial charge >= 0.3 is 17.9 Å². The minimum absolute atomic E-state index is 0.0857. The molecule has 0 aromatic carbocycles. The van der Waals surface area contributed by atoms with E-state index in [1.807, 2.05) is 0 Å². The maximum Gasteiger partial charge on any atom is 0.306 e. The van der Waals surface area contributed by atoms with E-state index >= 15 is 0 Å². The first kappa shape index (κ1) is 69.3. The van der Waals surface area contributed by atoms with Gasteiger partial charge in [-0.15, -0.1) is 0 Å². The SMILES string of the molecule is CC/C=C\C/C=C\C/C=C\C/C=C\C/C=C\C/C=C\CCCCCCCCCCC(=O)OCC(COC(=O)CCCCCCC/C=C\CCC)OC(=O)CCCCCCCCC/C=C\CCCCCCCCC. The molecule has 0 radical (unpaired) electrons. The summed E-state index contributed by atoms with van der Waals surface area (Å²) in [7, 11) is 0. The fourth-order valence-electron chi connectivity index (χ4n) is 8.44. The summed E-state index contributed by atoms with van der Waals surface area (Å²) in [5.74, 6) is -0.903. The summed E-state index contributed by atoms with van der Waals surface area (Å²) in [6, 6.07) is 0. The molecular formula is C67H114O6. The van der Waals surface area contributed by atoms with Crippen LogP contribution in [0, 0.1) is 0 Å². The summed E-state index contributed by atoms with van der Waals surface area (Å²) in [6.45, 7) is 6.46. The third-order valence-electron chi connectivity index (χ3n) is 13.0. The molecular weight excluding hydrogens is 901 g/mol. The van der Waals surface area contributed by atoms with Crippen LogP contribution in [-0.2, 0) is 28.6 Å². The lowest BCUT2D eigenvalue weighted by Gasteiger charge is -2.18. The number of esters is 3. The number of carbonyl (C=O) groups excluding carboxylic acids is 3. The van der Waals surface area contributed by atoms with E-state index in [1.165, 1.54) is 135 Å². The van der Waals surface area contributed by atoms with E-state index < -0.39 is 6.10 Å². The highest BCUT2D eigenvalue weighted by Gasteiger charge is 2.19. The highest BCUT2D eigenvalue weighted by molar-refractivity contribution is 5.71. The predicted octanol–water partition coefficient (Wildman–Crippen LogP) is 20.9. The lowest BCUT2D eigenvalue weighted by molar-refractivity contribution is -0.167. The minimum Gasteiger partial charge on any atom is -0.462 e. The fraction of sp³-hybridized carbons (Fsp3) is 0.716. The summed E-state index contributed by atoms with van der Waals surface area (Å²) < 4.78 is 16.9. The molecule has 0 bridgehead atoms. The van der Waals surface area contributed by atoms with Gasteiger partial charge in [0.1, 0.15) is 13.2 Å². The number of unbranched alkanes of at least 4 members (excludes halogenated alkanes) is 28. The summed E-state index contributed by atoms with van der Waals surface area (Å²) >= 11 is 0. The monoisotopic (exact) mass is 1010 g/mol. The zero-order valence-electron chi connectivity index (χ0n) is 47.9. The number of hydrogen-bond acceptors (Lipinski definition) is 6. The number of allylic oxidation sites excluding steroid dienone is 16. The van der Waals surface area contributed by atoms with Crippen molar-refractivity contribution >= 4 is 17.9 Å². The second kappa shape index (κ2) is 60.9. The van der Waals surface area contributed by atoms with E-state index in [0.717, 1.165) is 116 Å². The largest absolute Gasteiger partial charge is 0.462 e. The minimum atomic E-state index is -0.787. The molecule has 1 unspecified atom stereocenters. The molecule has 0 saturated heterocycles. The Hall–Kier alpha value is -3.67. The molecule has 6 heteroatoms. The van der Waals surface area contributed by atoms with Gasteiger partial charge in [0, 0.05) is 19.3 Å². The lowest BCUT2D eigenvalue weighted by Crippen LogP contribution is -2.30. The molecule has 0 aromatic heterocycles. The second-order valence-electron chi connectivity index (χ2n) is 20.2. The van der Waals surface area contributed by atoms with Crippen LogP contribution in [0.2, 0.25) is 0 Å². The van der Waals surface area contributed by atoms with E-state index in [1.54, 1.807) is 0 Å². The van der Waals surface area contributed by atoms with Crippen molar-refractivity contribution in [1.29, 1.82) is 0 Å². The van der Waals surface area contributed by atoms with Crippen molar-refractivity contribution in [3.05, 3.63) is 97.2 Å². The molecule has 0 spiro atoms.